The molecule has 1 N–H and O–H groups in total. The van der Waals surface area contributed by atoms with Crippen molar-refractivity contribution < 1.29 is 4.84 Å². The number of benzene rings is 2. The fourth-order valence-corrected chi connectivity index (χ4v) is 3.01. The van der Waals surface area contributed by atoms with Gasteiger partial charge in [-0.05, 0) is 17.5 Å². The van der Waals surface area contributed by atoms with Crippen LogP contribution in [0, 0.1) is 0 Å². The summed E-state index contributed by atoms with van der Waals surface area (Å²) in [7, 11) is 0. The molecule has 2 aromatic carbocycles. The molecule has 0 amide bonds. The molecule has 2 aromatic heterocycles. The number of pyridine rings is 1. The van der Waals surface area contributed by atoms with Gasteiger partial charge in [0, 0.05) is 18.8 Å². The first-order valence-corrected chi connectivity index (χ1v) is 9.12. The van der Waals surface area contributed by atoms with Crippen LogP contribution in [0.1, 0.15) is 11.1 Å². The Bertz CT molecular complexity index is 1110. The average Bonchev–Trinajstić information content (AvgIpc) is 2.75. The van der Waals surface area contributed by atoms with Crippen molar-refractivity contribution in [1.82, 2.24) is 14.7 Å². The molecule has 0 spiro atoms. The van der Waals surface area contributed by atoms with E-state index in [1.54, 1.807) is 6.20 Å². The summed E-state index contributed by atoms with van der Waals surface area (Å²) < 4.78 is 1.23. The lowest BCUT2D eigenvalue weighted by Crippen LogP contribution is -2.28. The SMILES string of the molecule is O=c1cc(NCCc2ccccc2)c2cncnc2n1OCc1ccccc1. The van der Waals surface area contributed by atoms with Gasteiger partial charge in [-0.1, -0.05) is 60.7 Å². The molecule has 6 heteroatoms. The van der Waals surface area contributed by atoms with Crippen molar-refractivity contribution in [1.29, 1.82) is 0 Å². The zero-order valence-electron chi connectivity index (χ0n) is 15.3. The average molecular weight is 372 g/mol. The third-order valence-electron chi connectivity index (χ3n) is 4.42. The normalized spacial score (nSPS) is 10.7. The van der Waals surface area contributed by atoms with Gasteiger partial charge in [0.1, 0.15) is 12.9 Å². The molecule has 0 aliphatic heterocycles. The summed E-state index contributed by atoms with van der Waals surface area (Å²) in [4.78, 5) is 26.8. The number of anilines is 1. The Morgan fingerprint density at radius 3 is 2.43 bits per heavy atom. The molecular formula is C22H20N4O2. The van der Waals surface area contributed by atoms with Crippen molar-refractivity contribution in [2.24, 2.45) is 0 Å². The zero-order valence-corrected chi connectivity index (χ0v) is 15.3. The van der Waals surface area contributed by atoms with Crippen molar-refractivity contribution in [3.8, 4) is 0 Å². The molecule has 0 aliphatic rings. The first-order valence-electron chi connectivity index (χ1n) is 9.12. The Labute approximate surface area is 162 Å². The van der Waals surface area contributed by atoms with Crippen LogP contribution in [-0.2, 0) is 13.0 Å². The molecule has 0 fully saturated rings. The highest BCUT2D eigenvalue weighted by Crippen LogP contribution is 2.18. The van der Waals surface area contributed by atoms with Gasteiger partial charge in [0.25, 0.3) is 5.56 Å². The van der Waals surface area contributed by atoms with Crippen LogP contribution in [0.5, 0.6) is 0 Å². The van der Waals surface area contributed by atoms with Crippen LogP contribution >= 0.6 is 0 Å². The topological polar surface area (TPSA) is 69.0 Å². The smallest absolute Gasteiger partial charge is 0.287 e. The van der Waals surface area contributed by atoms with Gasteiger partial charge < -0.3 is 10.2 Å². The molecule has 0 aliphatic carbocycles. The van der Waals surface area contributed by atoms with Gasteiger partial charge >= 0.3 is 0 Å². The standard InChI is InChI=1S/C22H20N4O2/c27-21-13-20(24-12-11-17-7-3-1-4-8-17)19-14-23-16-25-22(19)26(21)28-15-18-9-5-2-6-10-18/h1-10,13-14,16,24H,11-12,15H2. The number of nitrogens with zero attached hydrogens (tertiary/aromatic N) is 3. The van der Waals surface area contributed by atoms with Crippen molar-refractivity contribution in [3.63, 3.8) is 0 Å². The number of rotatable bonds is 7. The number of aromatic nitrogens is 3. The predicted molar refractivity (Wildman–Crippen MR) is 109 cm³/mol. The molecule has 0 saturated carbocycles. The van der Waals surface area contributed by atoms with E-state index in [0.717, 1.165) is 17.4 Å². The molecule has 2 heterocycles. The van der Waals surface area contributed by atoms with E-state index in [2.05, 4.69) is 27.4 Å². The number of nitrogens with one attached hydrogen (secondary N) is 1. The van der Waals surface area contributed by atoms with Crippen molar-refractivity contribution in [2.45, 2.75) is 13.0 Å². The molecule has 0 atom stereocenters. The maximum atomic E-state index is 12.6. The Morgan fingerprint density at radius 1 is 0.964 bits per heavy atom. The van der Waals surface area contributed by atoms with Crippen molar-refractivity contribution in [2.75, 3.05) is 11.9 Å². The third kappa shape index (κ3) is 4.01. The van der Waals surface area contributed by atoms with E-state index < -0.39 is 0 Å². The van der Waals surface area contributed by atoms with Crippen LogP contribution in [0.25, 0.3) is 11.0 Å². The molecular weight excluding hydrogens is 352 g/mol. The minimum Gasteiger partial charge on any atom is -0.404 e. The molecule has 4 aromatic rings. The second kappa shape index (κ2) is 8.35. The Kier molecular flexibility index (Phi) is 5.29. The zero-order chi connectivity index (χ0) is 19.2. The second-order valence-corrected chi connectivity index (χ2v) is 6.37. The lowest BCUT2D eigenvalue weighted by Gasteiger charge is -2.14. The minimum atomic E-state index is -0.274. The van der Waals surface area contributed by atoms with Gasteiger partial charge in [0.15, 0.2) is 5.65 Å². The van der Waals surface area contributed by atoms with Crippen molar-refractivity contribution >= 4 is 16.7 Å². The fourth-order valence-electron chi connectivity index (χ4n) is 3.01. The van der Waals surface area contributed by atoms with Crippen LogP contribution < -0.4 is 15.7 Å². The third-order valence-corrected chi connectivity index (χ3v) is 4.42. The summed E-state index contributed by atoms with van der Waals surface area (Å²) in [5.41, 5.74) is 3.08. The van der Waals surface area contributed by atoms with E-state index in [0.29, 0.717) is 17.9 Å². The van der Waals surface area contributed by atoms with Crippen LogP contribution in [0.2, 0.25) is 0 Å². The molecule has 28 heavy (non-hydrogen) atoms. The molecule has 0 bridgehead atoms. The number of hydrogen-bond acceptors (Lipinski definition) is 5. The van der Waals surface area contributed by atoms with E-state index in [1.807, 2.05) is 48.5 Å². The number of fused-ring (bicyclic) bond motifs is 1. The van der Waals surface area contributed by atoms with Gasteiger partial charge in [-0.15, -0.1) is 4.73 Å². The maximum absolute atomic E-state index is 12.6. The summed E-state index contributed by atoms with van der Waals surface area (Å²) in [6, 6.07) is 21.4. The minimum absolute atomic E-state index is 0.274. The second-order valence-electron chi connectivity index (χ2n) is 6.37. The summed E-state index contributed by atoms with van der Waals surface area (Å²) in [6.45, 7) is 0.975. The number of hydrogen-bond donors (Lipinski definition) is 1. The van der Waals surface area contributed by atoms with Crippen molar-refractivity contribution in [3.05, 3.63) is 101 Å². The van der Waals surface area contributed by atoms with Gasteiger partial charge in [0.2, 0.25) is 0 Å². The fraction of sp³-hybridized carbons (Fsp3) is 0.136. The van der Waals surface area contributed by atoms with Crippen LogP contribution in [0.15, 0.2) is 84.0 Å². The first kappa shape index (κ1) is 17.7. The summed E-state index contributed by atoms with van der Waals surface area (Å²) in [5, 5.41) is 4.07. The van der Waals surface area contributed by atoms with Crippen LogP contribution in [-0.4, -0.2) is 21.2 Å². The Balaban J connectivity index is 1.56. The summed E-state index contributed by atoms with van der Waals surface area (Å²) in [5.74, 6) is 0. The maximum Gasteiger partial charge on any atom is 0.287 e. The lowest BCUT2D eigenvalue weighted by molar-refractivity contribution is 0.0980. The van der Waals surface area contributed by atoms with E-state index >= 15 is 0 Å². The van der Waals surface area contributed by atoms with Crippen LogP contribution in [0.3, 0.4) is 0 Å². The molecule has 4 rings (SSSR count). The van der Waals surface area contributed by atoms with E-state index in [9.17, 15) is 4.79 Å². The summed E-state index contributed by atoms with van der Waals surface area (Å²) >= 11 is 0. The highest BCUT2D eigenvalue weighted by Gasteiger charge is 2.11. The van der Waals surface area contributed by atoms with E-state index in [4.69, 9.17) is 4.84 Å². The molecule has 140 valence electrons. The largest absolute Gasteiger partial charge is 0.404 e. The molecule has 0 radical (unpaired) electrons. The van der Waals surface area contributed by atoms with Gasteiger partial charge in [0.05, 0.1) is 11.1 Å². The Morgan fingerprint density at radius 2 is 1.68 bits per heavy atom. The first-order chi connectivity index (χ1) is 13.8. The monoisotopic (exact) mass is 372 g/mol. The molecule has 0 unspecified atom stereocenters. The predicted octanol–water partition coefficient (Wildman–Crippen LogP) is 3.07. The highest BCUT2D eigenvalue weighted by molar-refractivity contribution is 5.87. The highest BCUT2D eigenvalue weighted by atomic mass is 16.7. The van der Waals surface area contributed by atoms with Gasteiger partial charge in [-0.2, -0.15) is 0 Å². The van der Waals surface area contributed by atoms with Crippen LogP contribution in [0.4, 0.5) is 5.69 Å². The quantitative estimate of drug-likeness (QED) is 0.540. The van der Waals surface area contributed by atoms with E-state index in [1.165, 1.54) is 22.7 Å². The molecule has 0 saturated heterocycles. The van der Waals surface area contributed by atoms with E-state index in [-0.39, 0.29) is 12.2 Å². The van der Waals surface area contributed by atoms with Gasteiger partial charge in [-0.3, -0.25) is 4.79 Å². The molecule has 6 nitrogen and oxygen atoms in total. The Hall–Kier alpha value is -3.67. The lowest BCUT2D eigenvalue weighted by atomic mass is 10.1. The summed E-state index contributed by atoms with van der Waals surface area (Å²) in [6.07, 6.45) is 3.95. The van der Waals surface area contributed by atoms with Gasteiger partial charge in [-0.25, -0.2) is 9.97 Å².